The fourth-order valence-electron chi connectivity index (χ4n) is 4.91. The zero-order valence-electron chi connectivity index (χ0n) is 26.1. The second-order valence-corrected chi connectivity index (χ2v) is 17.6. The number of carboxylic acid groups (broad SMARTS) is 1. The Bertz CT molecular complexity index is 1590. The molecule has 7 nitrogen and oxygen atoms in total. The Kier molecular flexibility index (Phi) is 10.3. The molecule has 1 aromatic heterocycles. The molecule has 4 rings (SSSR count). The third-order valence-corrected chi connectivity index (χ3v) is 12.7. The van der Waals surface area contributed by atoms with Crippen molar-refractivity contribution in [2.45, 2.75) is 77.4 Å². The summed E-state index contributed by atoms with van der Waals surface area (Å²) in [4.78, 5) is 26.6. The maximum Gasteiger partial charge on any atom is 0.307 e. The van der Waals surface area contributed by atoms with Gasteiger partial charge in [0.2, 0.25) is 5.56 Å². The number of aromatic nitrogens is 1. The molecule has 0 aliphatic heterocycles. The van der Waals surface area contributed by atoms with Crippen molar-refractivity contribution in [1.82, 2.24) is 10.3 Å². The lowest BCUT2D eigenvalue weighted by atomic mass is 10.0. The van der Waals surface area contributed by atoms with Crippen LogP contribution < -0.4 is 15.6 Å². The van der Waals surface area contributed by atoms with E-state index in [1.54, 1.807) is 6.07 Å². The first kappa shape index (κ1) is 32.2. The van der Waals surface area contributed by atoms with Crippen LogP contribution >= 0.6 is 0 Å². The fourth-order valence-corrected chi connectivity index (χ4v) is 6.18. The van der Waals surface area contributed by atoms with Gasteiger partial charge in [-0.05, 0) is 65.9 Å². The molecule has 3 aromatic carbocycles. The maximum absolute atomic E-state index is 12.4. The Morgan fingerprint density at radius 3 is 2.35 bits per heavy atom. The minimum atomic E-state index is -2.19. The second kappa shape index (κ2) is 13.7. The summed E-state index contributed by atoms with van der Waals surface area (Å²) in [6.45, 7) is 14.3. The molecule has 0 bridgehead atoms. The van der Waals surface area contributed by atoms with Crippen LogP contribution in [-0.2, 0) is 28.7 Å². The normalized spacial score (nSPS) is 13.5. The summed E-state index contributed by atoms with van der Waals surface area (Å²) in [6.07, 6.45) is 0.497. The SMILES string of the molecule is CC(Cc1cccc(CC(=O)O)c1)NCC(O[Si](C)(C)C(C)(C)C)c1ccc(OCc2ccccc2)c2[nH]c(=O)ccc12. The molecule has 0 amide bonds. The topological polar surface area (TPSA) is 101 Å². The molecular formula is C35H44N2O5Si. The molecular weight excluding hydrogens is 556 g/mol. The molecule has 43 heavy (non-hydrogen) atoms. The molecule has 0 saturated heterocycles. The van der Waals surface area contributed by atoms with Gasteiger partial charge in [0, 0.05) is 24.0 Å². The monoisotopic (exact) mass is 600 g/mol. The third kappa shape index (κ3) is 8.66. The van der Waals surface area contributed by atoms with Crippen LogP contribution in [-0.4, -0.2) is 37.0 Å². The predicted molar refractivity (Wildman–Crippen MR) is 175 cm³/mol. The van der Waals surface area contributed by atoms with E-state index in [9.17, 15) is 14.7 Å². The first-order valence-electron chi connectivity index (χ1n) is 14.9. The molecule has 0 aliphatic rings. The first-order valence-corrected chi connectivity index (χ1v) is 17.8. The number of pyridine rings is 1. The number of H-pyrrole nitrogens is 1. The van der Waals surface area contributed by atoms with E-state index in [2.05, 4.69) is 57.2 Å². The number of aliphatic carboxylic acids is 1. The lowest BCUT2D eigenvalue weighted by Gasteiger charge is -2.40. The van der Waals surface area contributed by atoms with Crippen molar-refractivity contribution >= 4 is 25.2 Å². The van der Waals surface area contributed by atoms with Crippen molar-refractivity contribution < 1.29 is 19.1 Å². The Hall–Kier alpha value is -3.72. The van der Waals surface area contributed by atoms with Crippen molar-refractivity contribution in [2.75, 3.05) is 6.54 Å². The zero-order chi connectivity index (χ0) is 31.2. The quantitative estimate of drug-likeness (QED) is 0.143. The average Bonchev–Trinajstić information content (AvgIpc) is 2.93. The summed E-state index contributed by atoms with van der Waals surface area (Å²) in [5.41, 5.74) is 4.39. The molecule has 0 radical (unpaired) electrons. The highest BCUT2D eigenvalue weighted by Gasteiger charge is 2.40. The Morgan fingerprint density at radius 2 is 1.65 bits per heavy atom. The third-order valence-electron chi connectivity index (χ3n) is 8.26. The van der Waals surface area contributed by atoms with Crippen molar-refractivity contribution in [2.24, 2.45) is 0 Å². The average molecular weight is 601 g/mol. The molecule has 0 saturated carbocycles. The largest absolute Gasteiger partial charge is 0.487 e. The van der Waals surface area contributed by atoms with E-state index in [0.29, 0.717) is 24.4 Å². The van der Waals surface area contributed by atoms with Gasteiger partial charge in [-0.1, -0.05) is 81.4 Å². The van der Waals surface area contributed by atoms with E-state index in [-0.39, 0.29) is 29.2 Å². The van der Waals surface area contributed by atoms with Gasteiger partial charge in [-0.25, -0.2) is 0 Å². The van der Waals surface area contributed by atoms with Gasteiger partial charge in [-0.2, -0.15) is 0 Å². The maximum atomic E-state index is 12.4. The molecule has 8 heteroatoms. The van der Waals surface area contributed by atoms with Gasteiger partial charge in [-0.15, -0.1) is 0 Å². The number of carboxylic acids is 1. The van der Waals surface area contributed by atoms with Gasteiger partial charge in [0.25, 0.3) is 0 Å². The van der Waals surface area contributed by atoms with E-state index < -0.39 is 14.3 Å². The highest BCUT2D eigenvalue weighted by Crippen LogP contribution is 2.41. The molecule has 228 valence electrons. The van der Waals surface area contributed by atoms with E-state index >= 15 is 0 Å². The molecule has 1 heterocycles. The van der Waals surface area contributed by atoms with Crippen LogP contribution in [0.1, 0.15) is 56.1 Å². The van der Waals surface area contributed by atoms with Gasteiger partial charge in [0.1, 0.15) is 12.4 Å². The summed E-state index contributed by atoms with van der Waals surface area (Å²) in [5, 5.41) is 13.8. The van der Waals surface area contributed by atoms with Crippen LogP contribution in [0.25, 0.3) is 10.9 Å². The second-order valence-electron chi connectivity index (χ2n) is 12.8. The first-order chi connectivity index (χ1) is 20.3. The molecule has 4 aromatic rings. The Labute approximate surface area is 255 Å². The lowest BCUT2D eigenvalue weighted by Crippen LogP contribution is -2.44. The number of aromatic amines is 1. The zero-order valence-corrected chi connectivity index (χ0v) is 27.1. The summed E-state index contributed by atoms with van der Waals surface area (Å²) in [6, 6.07) is 25.2. The van der Waals surface area contributed by atoms with Crippen LogP contribution in [0.3, 0.4) is 0 Å². The molecule has 3 N–H and O–H groups in total. The lowest BCUT2D eigenvalue weighted by molar-refractivity contribution is -0.136. The Morgan fingerprint density at radius 1 is 0.953 bits per heavy atom. The number of hydrogen-bond acceptors (Lipinski definition) is 5. The highest BCUT2D eigenvalue weighted by atomic mass is 28.4. The molecule has 0 fully saturated rings. The van der Waals surface area contributed by atoms with E-state index in [4.69, 9.17) is 9.16 Å². The van der Waals surface area contributed by atoms with Gasteiger partial charge >= 0.3 is 5.97 Å². The van der Waals surface area contributed by atoms with Crippen molar-refractivity contribution in [1.29, 1.82) is 0 Å². The smallest absolute Gasteiger partial charge is 0.307 e. The number of hydrogen-bond donors (Lipinski definition) is 3. The van der Waals surface area contributed by atoms with Gasteiger partial charge < -0.3 is 24.6 Å². The number of ether oxygens (including phenoxy) is 1. The van der Waals surface area contributed by atoms with Crippen molar-refractivity contribution in [3.05, 3.63) is 111 Å². The van der Waals surface area contributed by atoms with Crippen LogP contribution in [0.2, 0.25) is 18.1 Å². The van der Waals surface area contributed by atoms with Gasteiger partial charge in [-0.3, -0.25) is 9.59 Å². The minimum absolute atomic E-state index is 0.00426. The molecule has 0 spiro atoms. The minimum Gasteiger partial charge on any atom is -0.487 e. The number of carbonyl (C=O) groups is 1. The highest BCUT2D eigenvalue weighted by molar-refractivity contribution is 6.74. The summed E-state index contributed by atoms with van der Waals surface area (Å²) in [5.74, 6) is -0.215. The fraction of sp³-hybridized carbons (Fsp3) is 0.371. The molecule has 2 unspecified atom stereocenters. The van der Waals surface area contributed by atoms with Crippen LogP contribution in [0.5, 0.6) is 5.75 Å². The number of fused-ring (bicyclic) bond motifs is 1. The summed E-state index contributed by atoms with van der Waals surface area (Å²) >= 11 is 0. The van der Waals surface area contributed by atoms with Crippen LogP contribution in [0.4, 0.5) is 0 Å². The summed E-state index contributed by atoms with van der Waals surface area (Å²) in [7, 11) is -2.19. The van der Waals surface area contributed by atoms with Crippen molar-refractivity contribution in [3.8, 4) is 5.75 Å². The number of benzene rings is 3. The van der Waals surface area contributed by atoms with E-state index in [1.165, 1.54) is 0 Å². The predicted octanol–water partition coefficient (Wildman–Crippen LogP) is 7.02. The van der Waals surface area contributed by atoms with Crippen molar-refractivity contribution in [3.63, 3.8) is 0 Å². The summed E-state index contributed by atoms with van der Waals surface area (Å²) < 4.78 is 13.2. The van der Waals surface area contributed by atoms with E-state index in [0.717, 1.165) is 34.1 Å². The van der Waals surface area contributed by atoms with E-state index in [1.807, 2.05) is 66.7 Å². The van der Waals surface area contributed by atoms with Gasteiger partial charge in [0.15, 0.2) is 8.32 Å². The number of nitrogens with one attached hydrogen (secondary N) is 2. The molecule has 2 atom stereocenters. The Balaban J connectivity index is 1.62. The van der Waals surface area contributed by atoms with Crippen LogP contribution in [0, 0.1) is 0 Å². The van der Waals surface area contributed by atoms with Crippen LogP contribution in [0.15, 0.2) is 83.7 Å². The van der Waals surface area contributed by atoms with Gasteiger partial charge in [0.05, 0.1) is 18.0 Å². The number of rotatable bonds is 13. The molecule has 0 aliphatic carbocycles. The standard InChI is InChI=1S/C35H44N2O5Si/c1-24(19-26-13-10-14-27(20-26)21-33(39)40)36-22-31(42-43(5,6)35(2,3)4)28-15-17-30(34-29(28)16-18-32(38)37-34)41-23-25-11-8-7-9-12-25/h7-18,20,24,31,36H,19,21-23H2,1-6H3,(H,37,38)(H,39,40).